The van der Waals surface area contributed by atoms with Crippen molar-refractivity contribution in [3.8, 4) is 5.69 Å². The highest BCUT2D eigenvalue weighted by Gasteiger charge is 2.28. The summed E-state index contributed by atoms with van der Waals surface area (Å²) in [6.45, 7) is 5.31. The lowest BCUT2D eigenvalue weighted by Crippen LogP contribution is -2.09. The van der Waals surface area contributed by atoms with Crippen LogP contribution in [0.15, 0.2) is 78.9 Å². The smallest absolute Gasteiger partial charge is 0.133 e. The Kier molecular flexibility index (Phi) is 5.33. The van der Waals surface area contributed by atoms with E-state index in [1.807, 2.05) is 0 Å². The fraction of sp³-hybridized carbons (Fsp3) is 0.250. The van der Waals surface area contributed by atoms with E-state index >= 15 is 0 Å². The molecule has 0 spiro atoms. The molecule has 3 nitrogen and oxygen atoms in total. The van der Waals surface area contributed by atoms with Gasteiger partial charge in [0.2, 0.25) is 0 Å². The molecule has 2 heterocycles. The maximum Gasteiger partial charge on any atom is 0.133 e. The van der Waals surface area contributed by atoms with Crippen LogP contribution in [0.4, 0.5) is 5.82 Å². The van der Waals surface area contributed by atoms with Crippen molar-refractivity contribution < 1.29 is 0 Å². The first-order chi connectivity index (χ1) is 15.2. The predicted octanol–water partition coefficient (Wildman–Crippen LogP) is 6.42. The van der Waals surface area contributed by atoms with E-state index in [0.717, 1.165) is 24.5 Å². The number of anilines is 1. The van der Waals surface area contributed by atoms with Crippen molar-refractivity contribution >= 4 is 5.82 Å². The van der Waals surface area contributed by atoms with Gasteiger partial charge in [-0.25, -0.2) is 4.68 Å². The van der Waals surface area contributed by atoms with Gasteiger partial charge in [-0.3, -0.25) is 0 Å². The molecule has 1 aliphatic rings. The number of fused-ring (bicyclic) bond motifs is 1. The minimum absolute atomic E-state index is 0.113. The normalized spacial score (nSPS) is 13.5. The molecule has 0 radical (unpaired) electrons. The number of rotatable bonds is 4. The number of nitrogens with zero attached hydrogens (tertiary/aromatic N) is 2. The molecule has 0 amide bonds. The molecule has 0 unspecified atom stereocenters. The summed E-state index contributed by atoms with van der Waals surface area (Å²) in [5, 5.41) is 9.03. The van der Waals surface area contributed by atoms with E-state index in [4.69, 9.17) is 5.10 Å². The van der Waals surface area contributed by atoms with Crippen LogP contribution in [-0.2, 0) is 6.42 Å². The Bertz CT molecular complexity index is 1140. The summed E-state index contributed by atoms with van der Waals surface area (Å²) in [7, 11) is 0. The van der Waals surface area contributed by atoms with Crippen LogP contribution in [0, 0.1) is 13.8 Å². The van der Waals surface area contributed by atoms with Gasteiger partial charge in [-0.05, 0) is 61.4 Å². The lowest BCUT2D eigenvalue weighted by atomic mass is 9.86. The highest BCUT2D eigenvalue weighted by atomic mass is 15.3. The van der Waals surface area contributed by atoms with Gasteiger partial charge < -0.3 is 5.32 Å². The van der Waals surface area contributed by atoms with Crippen LogP contribution in [0.5, 0.6) is 0 Å². The molecule has 3 aromatic carbocycles. The number of hydrogen-bond donors (Lipinski definition) is 1. The Balaban J connectivity index is 1.76. The minimum Gasteiger partial charge on any atom is -0.370 e. The van der Waals surface area contributed by atoms with Crippen LogP contribution in [0.1, 0.15) is 52.3 Å². The van der Waals surface area contributed by atoms with Crippen molar-refractivity contribution in [3.63, 3.8) is 0 Å². The van der Waals surface area contributed by atoms with E-state index in [-0.39, 0.29) is 5.92 Å². The van der Waals surface area contributed by atoms with Crippen LogP contribution in [0.25, 0.3) is 5.69 Å². The monoisotopic (exact) mass is 407 g/mol. The maximum absolute atomic E-state index is 5.31. The molecule has 4 aromatic rings. The third-order valence-corrected chi connectivity index (χ3v) is 6.29. The Morgan fingerprint density at radius 3 is 2.19 bits per heavy atom. The highest BCUT2D eigenvalue weighted by molar-refractivity contribution is 5.59. The Labute approximate surface area is 184 Å². The number of aryl methyl sites for hydroxylation is 2. The van der Waals surface area contributed by atoms with Crippen molar-refractivity contribution in [2.45, 2.75) is 39.0 Å². The molecule has 0 saturated heterocycles. The summed E-state index contributed by atoms with van der Waals surface area (Å²) in [6.07, 6.45) is 3.42. The average molecular weight is 408 g/mol. The van der Waals surface area contributed by atoms with Gasteiger partial charge in [0, 0.05) is 12.1 Å². The molecule has 5 rings (SSSR count). The summed E-state index contributed by atoms with van der Waals surface area (Å²) in [5.41, 5.74) is 8.75. The quantitative estimate of drug-likeness (QED) is 0.423. The Morgan fingerprint density at radius 2 is 1.52 bits per heavy atom. The maximum atomic E-state index is 5.31. The van der Waals surface area contributed by atoms with Crippen LogP contribution in [0.3, 0.4) is 0 Å². The van der Waals surface area contributed by atoms with E-state index in [1.165, 1.54) is 46.4 Å². The van der Waals surface area contributed by atoms with E-state index in [9.17, 15) is 0 Å². The van der Waals surface area contributed by atoms with Gasteiger partial charge in [-0.2, -0.15) is 5.10 Å². The lowest BCUT2D eigenvalue weighted by molar-refractivity contribution is 0.754. The zero-order valence-corrected chi connectivity index (χ0v) is 18.3. The van der Waals surface area contributed by atoms with E-state index < -0.39 is 0 Å². The second-order valence-corrected chi connectivity index (χ2v) is 8.55. The largest absolute Gasteiger partial charge is 0.370 e. The summed E-state index contributed by atoms with van der Waals surface area (Å²) < 4.78 is 2.16. The van der Waals surface area contributed by atoms with Gasteiger partial charge in [0.1, 0.15) is 5.82 Å². The lowest BCUT2D eigenvalue weighted by Gasteiger charge is -2.18. The van der Waals surface area contributed by atoms with Gasteiger partial charge in [0.25, 0.3) is 0 Å². The first-order valence-electron chi connectivity index (χ1n) is 11.3. The first kappa shape index (κ1) is 19.6. The molecule has 0 bridgehead atoms. The summed E-state index contributed by atoms with van der Waals surface area (Å²) >= 11 is 0. The van der Waals surface area contributed by atoms with Crippen molar-refractivity contribution in [3.05, 3.63) is 112 Å². The number of hydrogen-bond acceptors (Lipinski definition) is 2. The average Bonchev–Trinajstić information content (AvgIpc) is 2.97. The summed E-state index contributed by atoms with van der Waals surface area (Å²) in [6, 6.07) is 28.2. The molecule has 3 heteroatoms. The molecule has 0 saturated carbocycles. The standard InChI is InChI=1S/C28H29N3/c1-20-16-17-21(2)25(19-20)31-28-24(15-9-10-18-29-28)27(30-31)26(22-11-5-3-6-12-22)23-13-7-4-8-14-23/h3-8,11-14,16-17,19,26,29H,9-10,15,18H2,1-2H3. The first-order valence-corrected chi connectivity index (χ1v) is 11.3. The van der Waals surface area contributed by atoms with E-state index in [2.05, 4.69) is 103 Å². The molecule has 0 aliphatic carbocycles. The predicted molar refractivity (Wildman–Crippen MR) is 128 cm³/mol. The van der Waals surface area contributed by atoms with Gasteiger partial charge >= 0.3 is 0 Å². The second-order valence-electron chi connectivity index (χ2n) is 8.55. The van der Waals surface area contributed by atoms with Crippen molar-refractivity contribution in [2.75, 3.05) is 11.9 Å². The molecule has 1 N–H and O–H groups in total. The molecule has 0 atom stereocenters. The molecular weight excluding hydrogens is 378 g/mol. The van der Waals surface area contributed by atoms with Crippen LogP contribution >= 0.6 is 0 Å². The molecule has 1 aromatic heterocycles. The zero-order chi connectivity index (χ0) is 21.2. The van der Waals surface area contributed by atoms with Gasteiger partial charge in [-0.1, -0.05) is 72.8 Å². The van der Waals surface area contributed by atoms with Crippen LogP contribution in [-0.4, -0.2) is 16.3 Å². The molecule has 0 fully saturated rings. The fourth-order valence-corrected chi connectivity index (χ4v) is 4.68. The van der Waals surface area contributed by atoms with Crippen LogP contribution in [0.2, 0.25) is 0 Å². The van der Waals surface area contributed by atoms with Crippen LogP contribution < -0.4 is 5.32 Å². The van der Waals surface area contributed by atoms with Crippen molar-refractivity contribution in [2.24, 2.45) is 0 Å². The summed E-state index contributed by atoms with van der Waals surface area (Å²) in [4.78, 5) is 0. The van der Waals surface area contributed by atoms with Gasteiger partial charge in [0.05, 0.1) is 17.3 Å². The molecular formula is C28H29N3. The topological polar surface area (TPSA) is 29.9 Å². The Hall–Kier alpha value is -3.33. The molecule has 31 heavy (non-hydrogen) atoms. The zero-order valence-electron chi connectivity index (χ0n) is 18.3. The van der Waals surface area contributed by atoms with E-state index in [0.29, 0.717) is 0 Å². The number of aromatic nitrogens is 2. The van der Waals surface area contributed by atoms with E-state index in [1.54, 1.807) is 0 Å². The number of benzene rings is 3. The summed E-state index contributed by atoms with van der Waals surface area (Å²) in [5.74, 6) is 1.28. The molecule has 1 aliphatic heterocycles. The van der Waals surface area contributed by atoms with Crippen molar-refractivity contribution in [1.29, 1.82) is 0 Å². The second kappa shape index (κ2) is 8.43. The molecule has 156 valence electrons. The fourth-order valence-electron chi connectivity index (χ4n) is 4.68. The number of nitrogens with one attached hydrogen (secondary N) is 1. The van der Waals surface area contributed by atoms with Gasteiger partial charge in [-0.15, -0.1) is 0 Å². The van der Waals surface area contributed by atoms with Gasteiger partial charge in [0.15, 0.2) is 0 Å². The van der Waals surface area contributed by atoms with Crippen molar-refractivity contribution in [1.82, 2.24) is 9.78 Å². The highest BCUT2D eigenvalue weighted by Crippen LogP contribution is 2.38. The Morgan fingerprint density at radius 1 is 0.839 bits per heavy atom. The third kappa shape index (κ3) is 3.76. The third-order valence-electron chi connectivity index (χ3n) is 6.29. The SMILES string of the molecule is Cc1ccc(C)c(-n2nc(C(c3ccccc3)c3ccccc3)c3c2NCCCC3)c1. The minimum atomic E-state index is 0.113.